The highest BCUT2D eigenvalue weighted by Gasteiger charge is 2.22. The van der Waals surface area contributed by atoms with Crippen LogP contribution in [0.5, 0.6) is 0 Å². The van der Waals surface area contributed by atoms with Gasteiger partial charge in [-0.05, 0) is 96.2 Å². The van der Waals surface area contributed by atoms with Crippen LogP contribution in [0.1, 0.15) is 5.56 Å². The highest BCUT2D eigenvalue weighted by Crippen LogP contribution is 2.48. The van der Waals surface area contributed by atoms with E-state index in [4.69, 9.17) is 15.0 Å². The van der Waals surface area contributed by atoms with Gasteiger partial charge in [0.15, 0.2) is 17.5 Å². The average Bonchev–Trinajstić information content (AvgIpc) is 3.66. The lowest BCUT2D eigenvalue weighted by atomic mass is 9.89. The molecular weight excluding hydrogens is 729 g/mol. The van der Waals surface area contributed by atoms with E-state index >= 15 is 0 Å². The van der Waals surface area contributed by atoms with Crippen LogP contribution in [0.2, 0.25) is 0 Å². The molecule has 0 radical (unpaired) electrons. The average molecular weight is 763 g/mol. The Bertz CT molecular complexity index is 3300. The molecule has 0 bridgehead atoms. The van der Waals surface area contributed by atoms with Gasteiger partial charge >= 0.3 is 0 Å². The molecule has 60 heavy (non-hydrogen) atoms. The Labute approximate surface area is 348 Å². The van der Waals surface area contributed by atoms with Gasteiger partial charge in [-0.15, -0.1) is 0 Å². The van der Waals surface area contributed by atoms with Gasteiger partial charge in [-0.3, -0.25) is 0 Å². The number of aromatic nitrogens is 3. The Morgan fingerprint density at radius 2 is 0.767 bits per heavy atom. The summed E-state index contributed by atoms with van der Waals surface area (Å²) in [7, 11) is 0. The fourth-order valence-corrected chi connectivity index (χ4v) is 8.64. The molecule has 0 fully saturated rings. The van der Waals surface area contributed by atoms with Crippen LogP contribution in [0.25, 0.3) is 112 Å². The molecule has 0 amide bonds. The number of fused-ring (bicyclic) bond motifs is 3. The fourth-order valence-electron chi connectivity index (χ4n) is 8.64. The van der Waals surface area contributed by atoms with Crippen LogP contribution in [-0.2, 0) is 0 Å². The Morgan fingerprint density at radius 1 is 0.300 bits per heavy atom. The summed E-state index contributed by atoms with van der Waals surface area (Å²) >= 11 is 0. The zero-order valence-corrected chi connectivity index (χ0v) is 32.4. The quantitative estimate of drug-likeness (QED) is 0.162. The van der Waals surface area contributed by atoms with Gasteiger partial charge in [0.1, 0.15) is 0 Å². The predicted octanol–water partition coefficient (Wildman–Crippen LogP) is 14.2. The monoisotopic (exact) mass is 762 g/mol. The molecule has 0 spiro atoms. The number of rotatable bonds is 7. The van der Waals surface area contributed by atoms with Crippen molar-refractivity contribution in [1.29, 1.82) is 5.26 Å². The van der Waals surface area contributed by atoms with E-state index < -0.39 is 0 Å². The van der Waals surface area contributed by atoms with Crippen molar-refractivity contribution < 1.29 is 0 Å². The van der Waals surface area contributed by atoms with Gasteiger partial charge in [-0.1, -0.05) is 182 Å². The molecule has 4 heteroatoms. The van der Waals surface area contributed by atoms with Gasteiger partial charge in [-0.2, -0.15) is 5.26 Å². The lowest BCUT2D eigenvalue weighted by molar-refractivity contribution is 1.07. The summed E-state index contributed by atoms with van der Waals surface area (Å²) in [5, 5.41) is 13.1. The van der Waals surface area contributed by atoms with E-state index in [9.17, 15) is 5.26 Å². The van der Waals surface area contributed by atoms with Gasteiger partial charge in [0, 0.05) is 22.3 Å². The number of nitrogens with zero attached hydrogens (tertiary/aromatic N) is 4. The second kappa shape index (κ2) is 14.6. The van der Waals surface area contributed by atoms with Gasteiger partial charge in [0.25, 0.3) is 0 Å². The molecule has 1 aromatic heterocycles. The third-order valence-corrected chi connectivity index (χ3v) is 11.5. The molecule has 1 aliphatic carbocycles. The van der Waals surface area contributed by atoms with Gasteiger partial charge in [0.05, 0.1) is 11.6 Å². The Balaban J connectivity index is 0.974. The number of nitriles is 1. The summed E-state index contributed by atoms with van der Waals surface area (Å²) in [5.41, 5.74) is 16.7. The topological polar surface area (TPSA) is 62.5 Å². The fraction of sp³-hybridized carbons (Fsp3) is 0. The molecule has 10 aromatic rings. The maximum Gasteiger partial charge on any atom is 0.164 e. The minimum absolute atomic E-state index is 0.555. The van der Waals surface area contributed by atoms with Crippen LogP contribution in [0.4, 0.5) is 0 Å². The lowest BCUT2D eigenvalue weighted by Gasteiger charge is -2.15. The predicted molar refractivity (Wildman–Crippen MR) is 245 cm³/mol. The zero-order chi connectivity index (χ0) is 40.0. The van der Waals surface area contributed by atoms with E-state index in [0.717, 1.165) is 55.6 Å². The number of benzene rings is 9. The third-order valence-electron chi connectivity index (χ3n) is 11.5. The summed E-state index contributed by atoms with van der Waals surface area (Å²) in [4.78, 5) is 15.1. The Morgan fingerprint density at radius 3 is 1.45 bits per heavy atom. The third kappa shape index (κ3) is 6.14. The standard InChI is InChI=1S/C56H34N4/c57-35-46-22-11-23-47(38-28-26-37(27-29-38)42-30-31-48-49-24-9-16-39-17-10-25-50(53(39)49)51(48)34-42)52(46)43-19-8-21-45(33-43)56-59-54(40-14-5-2-6-15-40)58-55(60-56)44-20-7-18-41(32-44)36-12-3-1-4-13-36/h1-34H. The molecular formula is C56H34N4. The number of hydrogen-bond donors (Lipinski definition) is 0. The highest BCUT2D eigenvalue weighted by atomic mass is 15.0. The molecule has 11 rings (SSSR count). The van der Waals surface area contributed by atoms with E-state index in [1.165, 1.54) is 38.6 Å². The van der Waals surface area contributed by atoms with E-state index in [1.807, 2.05) is 84.9 Å². The molecule has 9 aromatic carbocycles. The van der Waals surface area contributed by atoms with E-state index in [0.29, 0.717) is 23.0 Å². The SMILES string of the molecule is N#Cc1cccc(-c2ccc(-c3ccc4c(c3)-c3cccc5cccc-4c35)cc2)c1-c1cccc(-c2nc(-c3ccccc3)nc(-c3cccc(-c4ccccc4)c3)n2)c1. The molecule has 278 valence electrons. The zero-order valence-electron chi connectivity index (χ0n) is 32.4. The van der Waals surface area contributed by atoms with Gasteiger partial charge < -0.3 is 0 Å². The molecule has 0 saturated heterocycles. The molecule has 0 aliphatic heterocycles. The molecule has 1 aliphatic rings. The molecule has 1 heterocycles. The summed E-state index contributed by atoms with van der Waals surface area (Å²) in [6.07, 6.45) is 0. The van der Waals surface area contributed by atoms with Crippen molar-refractivity contribution in [2.24, 2.45) is 0 Å². The van der Waals surface area contributed by atoms with Crippen LogP contribution in [0.15, 0.2) is 206 Å². The van der Waals surface area contributed by atoms with E-state index in [2.05, 4.69) is 127 Å². The normalized spacial score (nSPS) is 11.3. The molecule has 0 atom stereocenters. The number of hydrogen-bond acceptors (Lipinski definition) is 4. The van der Waals surface area contributed by atoms with Gasteiger partial charge in [0.2, 0.25) is 0 Å². The Hall–Kier alpha value is -8.26. The van der Waals surface area contributed by atoms with Crippen LogP contribution in [0, 0.1) is 11.3 Å². The maximum absolute atomic E-state index is 10.5. The van der Waals surface area contributed by atoms with Crippen molar-refractivity contribution >= 4 is 10.8 Å². The van der Waals surface area contributed by atoms with Crippen molar-refractivity contribution in [3.8, 4) is 107 Å². The van der Waals surface area contributed by atoms with Crippen molar-refractivity contribution in [3.63, 3.8) is 0 Å². The van der Waals surface area contributed by atoms with E-state index in [-0.39, 0.29) is 0 Å². The highest BCUT2D eigenvalue weighted by molar-refractivity contribution is 6.15. The van der Waals surface area contributed by atoms with Crippen LogP contribution < -0.4 is 0 Å². The summed E-state index contributed by atoms with van der Waals surface area (Å²) in [5.74, 6) is 1.74. The van der Waals surface area contributed by atoms with Crippen LogP contribution >= 0.6 is 0 Å². The van der Waals surface area contributed by atoms with E-state index in [1.54, 1.807) is 0 Å². The molecule has 4 nitrogen and oxygen atoms in total. The molecule has 0 unspecified atom stereocenters. The van der Waals surface area contributed by atoms with Crippen molar-refractivity contribution in [2.75, 3.05) is 0 Å². The molecule has 0 N–H and O–H groups in total. The summed E-state index contributed by atoms with van der Waals surface area (Å²) in [6.45, 7) is 0. The first-order chi connectivity index (χ1) is 29.7. The first-order valence-corrected chi connectivity index (χ1v) is 20.1. The first kappa shape index (κ1) is 34.9. The second-order valence-corrected chi connectivity index (χ2v) is 15.1. The van der Waals surface area contributed by atoms with Crippen molar-refractivity contribution in [2.45, 2.75) is 0 Å². The van der Waals surface area contributed by atoms with Crippen LogP contribution in [-0.4, -0.2) is 15.0 Å². The minimum Gasteiger partial charge on any atom is -0.208 e. The minimum atomic E-state index is 0.555. The Kier molecular flexibility index (Phi) is 8.50. The van der Waals surface area contributed by atoms with Crippen molar-refractivity contribution in [1.82, 2.24) is 15.0 Å². The van der Waals surface area contributed by atoms with Crippen molar-refractivity contribution in [3.05, 3.63) is 212 Å². The lowest BCUT2D eigenvalue weighted by Crippen LogP contribution is -2.00. The van der Waals surface area contributed by atoms with Gasteiger partial charge in [-0.25, -0.2) is 15.0 Å². The second-order valence-electron chi connectivity index (χ2n) is 15.1. The summed E-state index contributed by atoms with van der Waals surface area (Å²) < 4.78 is 0. The largest absolute Gasteiger partial charge is 0.208 e. The first-order valence-electron chi connectivity index (χ1n) is 20.1. The summed E-state index contributed by atoms with van der Waals surface area (Å²) in [6, 6.07) is 73.9. The molecule has 0 saturated carbocycles. The maximum atomic E-state index is 10.5. The smallest absolute Gasteiger partial charge is 0.164 e. The van der Waals surface area contributed by atoms with Crippen LogP contribution in [0.3, 0.4) is 0 Å².